The van der Waals surface area contributed by atoms with Crippen molar-refractivity contribution in [3.05, 3.63) is 53.9 Å². The van der Waals surface area contributed by atoms with Crippen molar-refractivity contribution in [2.75, 3.05) is 14.2 Å². The molecule has 24 heavy (non-hydrogen) atoms. The number of benzene rings is 2. The Morgan fingerprint density at radius 2 is 2.08 bits per heavy atom. The van der Waals surface area contributed by atoms with E-state index >= 15 is 0 Å². The largest absolute Gasteiger partial charge is 0.497 e. The molecule has 0 spiro atoms. The van der Waals surface area contributed by atoms with E-state index in [1.807, 2.05) is 0 Å². The number of imidazole rings is 1. The Balaban J connectivity index is 1.72. The molecule has 0 unspecified atom stereocenters. The van der Waals surface area contributed by atoms with Gasteiger partial charge < -0.3 is 14.5 Å². The minimum atomic E-state index is -0.310. The van der Waals surface area contributed by atoms with Crippen molar-refractivity contribution in [2.24, 2.45) is 5.10 Å². The Kier molecular flexibility index (Phi) is 4.42. The molecule has 1 heterocycles. The number of H-pyrrole nitrogens is 1. The maximum absolute atomic E-state index is 12.1. The van der Waals surface area contributed by atoms with E-state index in [-0.39, 0.29) is 5.91 Å². The summed E-state index contributed by atoms with van der Waals surface area (Å²) in [6, 6.07) is 10.5. The number of carbonyl (C=O) groups excluding carboxylic acids is 1. The van der Waals surface area contributed by atoms with E-state index in [4.69, 9.17) is 9.47 Å². The van der Waals surface area contributed by atoms with Crippen molar-refractivity contribution in [1.29, 1.82) is 0 Å². The molecular formula is C17H16N4O3. The summed E-state index contributed by atoms with van der Waals surface area (Å²) < 4.78 is 10.4. The van der Waals surface area contributed by atoms with Gasteiger partial charge in [-0.2, -0.15) is 5.10 Å². The summed E-state index contributed by atoms with van der Waals surface area (Å²) in [5.74, 6) is 0.974. The first-order valence-corrected chi connectivity index (χ1v) is 7.20. The fourth-order valence-electron chi connectivity index (χ4n) is 2.23. The molecule has 0 bridgehead atoms. The summed E-state index contributed by atoms with van der Waals surface area (Å²) in [5, 5.41) is 3.98. The number of rotatable bonds is 5. The zero-order valence-electron chi connectivity index (χ0n) is 13.2. The Bertz CT molecular complexity index is 902. The van der Waals surface area contributed by atoms with Gasteiger partial charge >= 0.3 is 0 Å². The number of hydrazone groups is 1. The average molecular weight is 324 g/mol. The lowest BCUT2D eigenvalue weighted by Gasteiger charge is -2.07. The van der Waals surface area contributed by atoms with Crippen molar-refractivity contribution in [1.82, 2.24) is 15.4 Å². The summed E-state index contributed by atoms with van der Waals surface area (Å²) in [7, 11) is 3.14. The van der Waals surface area contributed by atoms with Gasteiger partial charge in [0.15, 0.2) is 0 Å². The van der Waals surface area contributed by atoms with Gasteiger partial charge in [-0.25, -0.2) is 10.4 Å². The molecular weight excluding hydrogens is 308 g/mol. The van der Waals surface area contributed by atoms with Gasteiger partial charge in [-0.1, -0.05) is 0 Å². The molecule has 0 atom stereocenters. The Morgan fingerprint density at radius 3 is 2.88 bits per heavy atom. The van der Waals surface area contributed by atoms with Crippen LogP contribution in [-0.4, -0.2) is 36.3 Å². The number of aromatic nitrogens is 2. The summed E-state index contributed by atoms with van der Waals surface area (Å²) in [4.78, 5) is 19.2. The predicted molar refractivity (Wildman–Crippen MR) is 90.7 cm³/mol. The maximum atomic E-state index is 12.1. The minimum Gasteiger partial charge on any atom is -0.497 e. The number of fused-ring (bicyclic) bond motifs is 1. The van der Waals surface area contributed by atoms with Gasteiger partial charge in [-0.3, -0.25) is 4.79 Å². The molecule has 7 nitrogen and oxygen atoms in total. The molecule has 0 saturated heterocycles. The first kappa shape index (κ1) is 15.5. The smallest absolute Gasteiger partial charge is 0.271 e. The Morgan fingerprint density at radius 1 is 1.21 bits per heavy atom. The van der Waals surface area contributed by atoms with E-state index in [9.17, 15) is 4.79 Å². The van der Waals surface area contributed by atoms with Crippen LogP contribution >= 0.6 is 0 Å². The van der Waals surface area contributed by atoms with Crippen LogP contribution in [0.25, 0.3) is 11.0 Å². The fraction of sp³-hybridized carbons (Fsp3) is 0.118. The Hall–Kier alpha value is -3.35. The van der Waals surface area contributed by atoms with E-state index in [1.54, 1.807) is 56.9 Å². The van der Waals surface area contributed by atoms with Crippen molar-refractivity contribution in [3.63, 3.8) is 0 Å². The van der Waals surface area contributed by atoms with Crippen LogP contribution in [0.1, 0.15) is 15.9 Å². The first-order valence-electron chi connectivity index (χ1n) is 7.20. The van der Waals surface area contributed by atoms with Gasteiger partial charge in [-0.05, 0) is 30.3 Å². The van der Waals surface area contributed by atoms with E-state index in [2.05, 4.69) is 20.5 Å². The lowest BCUT2D eigenvalue weighted by molar-refractivity contribution is 0.0955. The highest BCUT2D eigenvalue weighted by molar-refractivity contribution is 5.97. The third-order valence-corrected chi connectivity index (χ3v) is 3.49. The van der Waals surface area contributed by atoms with E-state index in [0.717, 1.165) is 16.6 Å². The molecule has 2 N–H and O–H groups in total. The van der Waals surface area contributed by atoms with Gasteiger partial charge in [0.2, 0.25) is 0 Å². The normalized spacial score (nSPS) is 10.9. The molecule has 1 amide bonds. The number of ether oxygens (including phenoxy) is 2. The second kappa shape index (κ2) is 6.82. The van der Waals surface area contributed by atoms with Crippen LogP contribution < -0.4 is 14.9 Å². The van der Waals surface area contributed by atoms with Crippen LogP contribution in [0.4, 0.5) is 0 Å². The molecule has 0 aliphatic heterocycles. The van der Waals surface area contributed by atoms with E-state index < -0.39 is 0 Å². The number of hydrogen-bond acceptors (Lipinski definition) is 5. The first-order chi connectivity index (χ1) is 11.7. The molecule has 0 fully saturated rings. The molecule has 3 rings (SSSR count). The highest BCUT2D eigenvalue weighted by Crippen LogP contribution is 2.23. The number of nitrogens with zero attached hydrogens (tertiary/aromatic N) is 2. The third kappa shape index (κ3) is 3.19. The number of methoxy groups -OCH3 is 2. The van der Waals surface area contributed by atoms with Gasteiger partial charge in [0, 0.05) is 17.2 Å². The summed E-state index contributed by atoms with van der Waals surface area (Å²) in [6.45, 7) is 0. The molecule has 2 aromatic carbocycles. The van der Waals surface area contributed by atoms with Crippen molar-refractivity contribution < 1.29 is 14.3 Å². The van der Waals surface area contributed by atoms with Crippen LogP contribution in [0.5, 0.6) is 11.5 Å². The Labute approximate surface area is 138 Å². The zero-order chi connectivity index (χ0) is 16.9. The monoisotopic (exact) mass is 324 g/mol. The second-order valence-electron chi connectivity index (χ2n) is 4.94. The standard InChI is InChI=1S/C17H16N4O3/c1-23-13-5-3-12(16(8-13)24-2)9-20-21-17(22)11-4-6-14-15(7-11)19-10-18-14/h3-10H,1-2H3,(H,18,19)(H,21,22)/b20-9-. The number of nitrogens with one attached hydrogen (secondary N) is 2. The second-order valence-corrected chi connectivity index (χ2v) is 4.94. The van der Waals surface area contributed by atoms with E-state index in [0.29, 0.717) is 17.1 Å². The van der Waals surface area contributed by atoms with Crippen LogP contribution in [-0.2, 0) is 0 Å². The molecule has 0 aliphatic rings. The summed E-state index contributed by atoms with van der Waals surface area (Å²) in [5.41, 5.74) is 5.31. The minimum absolute atomic E-state index is 0.310. The number of hydrogen-bond donors (Lipinski definition) is 2. The van der Waals surface area contributed by atoms with Gasteiger partial charge in [0.1, 0.15) is 11.5 Å². The highest BCUT2D eigenvalue weighted by atomic mass is 16.5. The third-order valence-electron chi connectivity index (χ3n) is 3.49. The van der Waals surface area contributed by atoms with Crippen LogP contribution in [0, 0.1) is 0 Å². The number of aromatic amines is 1. The molecule has 0 saturated carbocycles. The van der Waals surface area contributed by atoms with Crippen LogP contribution in [0.2, 0.25) is 0 Å². The molecule has 7 heteroatoms. The van der Waals surface area contributed by atoms with Gasteiger partial charge in [0.05, 0.1) is 37.8 Å². The molecule has 122 valence electrons. The van der Waals surface area contributed by atoms with Gasteiger partial charge in [0.25, 0.3) is 5.91 Å². The SMILES string of the molecule is COc1ccc(/C=N\NC(=O)c2ccc3nc[nH]c3c2)c(OC)c1. The molecule has 0 radical (unpaired) electrons. The number of carbonyl (C=O) groups is 1. The number of amides is 1. The lowest BCUT2D eigenvalue weighted by atomic mass is 10.2. The fourth-order valence-corrected chi connectivity index (χ4v) is 2.23. The van der Waals surface area contributed by atoms with E-state index in [1.165, 1.54) is 6.21 Å². The summed E-state index contributed by atoms with van der Waals surface area (Å²) in [6.07, 6.45) is 3.10. The lowest BCUT2D eigenvalue weighted by Crippen LogP contribution is -2.17. The van der Waals surface area contributed by atoms with Crippen molar-refractivity contribution >= 4 is 23.2 Å². The topological polar surface area (TPSA) is 88.6 Å². The highest BCUT2D eigenvalue weighted by Gasteiger charge is 2.07. The zero-order valence-corrected chi connectivity index (χ0v) is 13.2. The maximum Gasteiger partial charge on any atom is 0.271 e. The molecule has 0 aliphatic carbocycles. The molecule has 1 aromatic heterocycles. The van der Waals surface area contributed by atoms with Gasteiger partial charge in [-0.15, -0.1) is 0 Å². The van der Waals surface area contributed by atoms with Crippen molar-refractivity contribution in [2.45, 2.75) is 0 Å². The summed E-state index contributed by atoms with van der Waals surface area (Å²) >= 11 is 0. The molecule has 3 aromatic rings. The predicted octanol–water partition coefficient (Wildman–Crippen LogP) is 2.34. The van der Waals surface area contributed by atoms with Crippen molar-refractivity contribution in [3.8, 4) is 11.5 Å². The van der Waals surface area contributed by atoms with Crippen LogP contribution in [0.3, 0.4) is 0 Å². The average Bonchev–Trinajstić information content (AvgIpc) is 3.09. The van der Waals surface area contributed by atoms with Crippen LogP contribution in [0.15, 0.2) is 47.8 Å². The quantitative estimate of drug-likeness (QED) is 0.557.